The van der Waals surface area contributed by atoms with Gasteiger partial charge in [-0.1, -0.05) is 56.6 Å². The third-order valence-corrected chi connectivity index (χ3v) is 8.69. The Morgan fingerprint density at radius 1 is 1.09 bits per heavy atom. The first kappa shape index (κ1) is 25.5. The summed E-state index contributed by atoms with van der Waals surface area (Å²) >= 11 is 6.69. The highest BCUT2D eigenvalue weighted by Gasteiger charge is 2.42. The zero-order valence-electron chi connectivity index (χ0n) is 19.9. The molecule has 3 aromatic rings. The fraction of sp³-hybridized carbons (Fsp3) is 0.269. The first-order chi connectivity index (χ1) is 16.3. The van der Waals surface area contributed by atoms with Crippen molar-refractivity contribution < 1.29 is 23.4 Å². The zero-order valence-corrected chi connectivity index (χ0v) is 21.4. The van der Waals surface area contributed by atoms with E-state index >= 15 is 0 Å². The van der Waals surface area contributed by atoms with E-state index in [9.17, 15) is 23.4 Å². The van der Waals surface area contributed by atoms with Crippen LogP contribution >= 0.6 is 22.4 Å². The summed E-state index contributed by atoms with van der Waals surface area (Å²) in [6.07, 6.45) is 0. The molecular formula is C26H28ClFN2O4S. The van der Waals surface area contributed by atoms with E-state index in [1.807, 2.05) is 56.0 Å². The minimum atomic E-state index is -3.47. The van der Waals surface area contributed by atoms with Crippen molar-refractivity contribution >= 4 is 39.7 Å². The number of hydrogen-bond acceptors (Lipinski definition) is 5. The average Bonchev–Trinajstić information content (AvgIpc) is 2.87. The molecule has 0 bridgehead atoms. The van der Waals surface area contributed by atoms with Gasteiger partial charge >= 0.3 is 5.97 Å². The van der Waals surface area contributed by atoms with Gasteiger partial charge in [-0.2, -0.15) is 4.31 Å². The molecule has 3 N–H and O–H groups in total. The Kier molecular flexibility index (Phi) is 6.63. The molecule has 9 heteroatoms. The second-order valence-corrected chi connectivity index (χ2v) is 12.2. The Bertz CT molecular complexity index is 1280. The molecule has 6 nitrogen and oxygen atoms in total. The number of anilines is 2. The van der Waals surface area contributed by atoms with E-state index < -0.39 is 28.1 Å². The molecule has 1 atom stereocenters. The summed E-state index contributed by atoms with van der Waals surface area (Å²) in [5.41, 5.74) is 1.36. The molecule has 0 aromatic heterocycles. The van der Waals surface area contributed by atoms with Gasteiger partial charge in [-0.15, -0.1) is 10.8 Å². The summed E-state index contributed by atoms with van der Waals surface area (Å²) in [6, 6.07) is 16.3. The largest absolute Gasteiger partial charge is 0.478 e. The van der Waals surface area contributed by atoms with Gasteiger partial charge in [-0.05, 0) is 47.4 Å². The maximum Gasteiger partial charge on any atom is 0.338 e. The van der Waals surface area contributed by atoms with Crippen molar-refractivity contribution in [3.05, 3.63) is 77.1 Å². The number of rotatable bonds is 3. The average molecular weight is 519 g/mol. The van der Waals surface area contributed by atoms with E-state index in [2.05, 4.69) is 0 Å². The molecule has 0 amide bonds. The molecule has 1 aliphatic rings. The van der Waals surface area contributed by atoms with Gasteiger partial charge in [0.1, 0.15) is 5.82 Å². The minimum absolute atomic E-state index is 0.244. The second kappa shape index (κ2) is 9.11. The molecule has 0 saturated carbocycles. The summed E-state index contributed by atoms with van der Waals surface area (Å²) in [7, 11) is -1.78. The van der Waals surface area contributed by atoms with E-state index in [4.69, 9.17) is 11.6 Å². The molecule has 0 spiro atoms. The van der Waals surface area contributed by atoms with Crippen LogP contribution in [0, 0.1) is 11.2 Å². The van der Waals surface area contributed by atoms with Gasteiger partial charge in [0.15, 0.2) is 0 Å². The van der Waals surface area contributed by atoms with Crippen LogP contribution in [0.25, 0.3) is 11.1 Å². The van der Waals surface area contributed by atoms with Gasteiger partial charge in [0, 0.05) is 24.8 Å². The Balaban J connectivity index is 1.98. The van der Waals surface area contributed by atoms with Crippen LogP contribution in [0.3, 0.4) is 0 Å². The minimum Gasteiger partial charge on any atom is -0.478 e. The fourth-order valence-corrected chi connectivity index (χ4v) is 6.48. The first-order valence-corrected chi connectivity index (χ1v) is 12.9. The number of halogens is 2. The van der Waals surface area contributed by atoms with Gasteiger partial charge < -0.3 is 10.0 Å². The summed E-state index contributed by atoms with van der Waals surface area (Å²) in [5, 5.41) is 9.63. The summed E-state index contributed by atoms with van der Waals surface area (Å²) in [6.45, 7) is 6.62. The lowest BCUT2D eigenvalue weighted by Crippen LogP contribution is -2.47. The number of fused-ring (bicyclic) bond motifs is 1. The van der Waals surface area contributed by atoms with Crippen LogP contribution in [0.4, 0.5) is 15.8 Å². The van der Waals surface area contributed by atoms with E-state index in [1.54, 1.807) is 23.5 Å². The van der Waals surface area contributed by atoms with Crippen LogP contribution in [0.15, 0.2) is 65.6 Å². The molecule has 4 rings (SSSR count). The fourth-order valence-electron chi connectivity index (χ4n) is 4.44. The number of hydrogen-bond donors (Lipinski definition) is 3. The zero-order chi connectivity index (χ0) is 25.7. The highest BCUT2D eigenvalue weighted by Crippen LogP contribution is 2.61. The lowest BCUT2D eigenvalue weighted by molar-refractivity contribution is 0.0692. The Morgan fingerprint density at radius 2 is 1.74 bits per heavy atom. The van der Waals surface area contributed by atoms with Crippen LogP contribution in [0.5, 0.6) is 0 Å². The monoisotopic (exact) mass is 518 g/mol. The Hall–Kier alpha value is -2.62. The molecule has 0 radical (unpaired) electrons. The van der Waals surface area contributed by atoms with Crippen LogP contribution in [-0.4, -0.2) is 44.1 Å². The predicted molar refractivity (Wildman–Crippen MR) is 139 cm³/mol. The van der Waals surface area contributed by atoms with Crippen molar-refractivity contribution in [2.75, 3.05) is 18.5 Å². The van der Waals surface area contributed by atoms with E-state index in [1.165, 1.54) is 12.1 Å². The number of carbonyl (C=O) groups is 1. The molecule has 0 saturated heterocycles. The smallest absolute Gasteiger partial charge is 0.338 e. The molecule has 1 unspecified atom stereocenters. The van der Waals surface area contributed by atoms with Gasteiger partial charge in [0.05, 0.1) is 27.2 Å². The van der Waals surface area contributed by atoms with Crippen molar-refractivity contribution in [1.29, 1.82) is 0 Å². The van der Waals surface area contributed by atoms with E-state index in [0.717, 1.165) is 11.8 Å². The number of aromatic carboxylic acids is 1. The normalized spacial score (nSPS) is 19.1. The lowest BCUT2D eigenvalue weighted by atomic mass is 9.86. The number of likely N-dealkylation sites (N-methyl/N-ethyl adjacent to an activating group) is 1. The van der Waals surface area contributed by atoms with Crippen LogP contribution in [-0.2, 0) is 0 Å². The van der Waals surface area contributed by atoms with E-state index in [0.29, 0.717) is 23.4 Å². The lowest BCUT2D eigenvalue weighted by Gasteiger charge is -2.47. The Morgan fingerprint density at radius 3 is 2.34 bits per heavy atom. The quantitative estimate of drug-likeness (QED) is 0.336. The van der Waals surface area contributed by atoms with Gasteiger partial charge in [-0.3, -0.25) is 9.11 Å². The Labute approximate surface area is 211 Å². The summed E-state index contributed by atoms with van der Waals surface area (Å²) in [4.78, 5) is 13.8. The number of carboxylic acids is 1. The standard InChI is InChI=1S/C26H28ClFN2O4S/c1-26(2,3)24-15-30(17-8-6-5-7-9-17)22-14-20(27)18(13-23(22)35(33,34)29(24)4)16-10-11-21(28)19(12-16)25(31)32/h5-14,24,33-34H,15H2,1-4H3,(H,31,32). The predicted octanol–water partition coefficient (Wildman–Crippen LogP) is 7.37. The molecule has 1 heterocycles. The second-order valence-electron chi connectivity index (χ2n) is 9.69. The SMILES string of the molecule is CN1C(C(C)(C)C)CN(c2ccccc2)c2cc(Cl)c(-c3ccc(F)c(C(=O)O)c3)cc2S1(O)O. The maximum atomic E-state index is 14.0. The van der Waals surface area contributed by atoms with Crippen LogP contribution < -0.4 is 4.90 Å². The van der Waals surface area contributed by atoms with Crippen molar-refractivity contribution in [3.63, 3.8) is 0 Å². The molecular weight excluding hydrogens is 491 g/mol. The summed E-state index contributed by atoms with van der Waals surface area (Å²) < 4.78 is 38.8. The molecule has 1 aliphatic heterocycles. The first-order valence-electron chi connectivity index (χ1n) is 11.0. The molecule has 0 aliphatic carbocycles. The molecule has 3 aromatic carbocycles. The van der Waals surface area contributed by atoms with Gasteiger partial charge in [0.25, 0.3) is 0 Å². The third kappa shape index (κ3) is 4.64. The van der Waals surface area contributed by atoms with Crippen molar-refractivity contribution in [1.82, 2.24) is 4.31 Å². The van der Waals surface area contributed by atoms with Gasteiger partial charge in [0.2, 0.25) is 0 Å². The van der Waals surface area contributed by atoms with Crippen molar-refractivity contribution in [3.8, 4) is 11.1 Å². The number of nitrogens with zero attached hydrogens (tertiary/aromatic N) is 2. The number of carboxylic acid groups (broad SMARTS) is 1. The molecule has 186 valence electrons. The number of benzene rings is 3. The number of para-hydroxylation sites is 1. The van der Waals surface area contributed by atoms with Crippen LogP contribution in [0.2, 0.25) is 5.02 Å². The highest BCUT2D eigenvalue weighted by molar-refractivity contribution is 8.22. The molecule has 35 heavy (non-hydrogen) atoms. The molecule has 0 fully saturated rings. The van der Waals surface area contributed by atoms with Crippen LogP contribution in [0.1, 0.15) is 31.1 Å². The van der Waals surface area contributed by atoms with Gasteiger partial charge in [-0.25, -0.2) is 9.18 Å². The third-order valence-electron chi connectivity index (χ3n) is 6.41. The van der Waals surface area contributed by atoms with Crippen molar-refractivity contribution in [2.45, 2.75) is 31.7 Å². The highest BCUT2D eigenvalue weighted by atomic mass is 35.5. The summed E-state index contributed by atoms with van der Waals surface area (Å²) in [5.74, 6) is -2.26. The topological polar surface area (TPSA) is 84.2 Å². The maximum absolute atomic E-state index is 14.0. The van der Waals surface area contributed by atoms with E-state index in [-0.39, 0.29) is 21.4 Å². The van der Waals surface area contributed by atoms with Crippen molar-refractivity contribution in [2.24, 2.45) is 5.41 Å².